The Morgan fingerprint density at radius 2 is 2.00 bits per heavy atom. The molecule has 3 aromatic rings. The number of aliphatic hydroxyl groups is 1. The number of hydrogen-bond acceptors (Lipinski definition) is 4. The summed E-state index contributed by atoms with van der Waals surface area (Å²) in [5.74, 6) is 1.16. The third-order valence-electron chi connectivity index (χ3n) is 5.86. The fraction of sp³-hybridized carbons (Fsp3) is 0.455. The van der Waals surface area contributed by atoms with E-state index in [1.807, 2.05) is 4.52 Å². The molecule has 0 bridgehead atoms. The van der Waals surface area contributed by atoms with Gasteiger partial charge in [0, 0.05) is 36.0 Å². The van der Waals surface area contributed by atoms with Crippen LogP contribution < -0.4 is 4.90 Å². The summed E-state index contributed by atoms with van der Waals surface area (Å²) < 4.78 is 2.03. The SMILES string of the molecule is Cc1cccc(-c2cc3nc4c(c(N5CCC[C@H](O)C5)n3n2)CCCC4)c1. The molecule has 3 heterocycles. The number of fused-ring (bicyclic) bond motifs is 2. The molecule has 5 heteroatoms. The Bertz CT molecular complexity index is 993. The predicted molar refractivity (Wildman–Crippen MR) is 107 cm³/mol. The van der Waals surface area contributed by atoms with E-state index in [9.17, 15) is 5.11 Å². The molecule has 1 N–H and O–H groups in total. The first-order valence-corrected chi connectivity index (χ1v) is 10.1. The number of aryl methyl sites for hydroxylation is 2. The quantitative estimate of drug-likeness (QED) is 0.758. The van der Waals surface area contributed by atoms with Crippen LogP contribution >= 0.6 is 0 Å². The van der Waals surface area contributed by atoms with Crippen molar-refractivity contribution in [3.05, 3.63) is 47.2 Å². The number of piperidine rings is 1. The Morgan fingerprint density at radius 1 is 1.11 bits per heavy atom. The Balaban J connectivity index is 1.70. The average molecular weight is 362 g/mol. The maximum absolute atomic E-state index is 10.2. The van der Waals surface area contributed by atoms with Crippen LogP contribution in [0.4, 0.5) is 5.82 Å². The minimum absolute atomic E-state index is 0.256. The maximum Gasteiger partial charge on any atom is 0.158 e. The highest BCUT2D eigenvalue weighted by atomic mass is 16.3. The smallest absolute Gasteiger partial charge is 0.158 e. The second-order valence-electron chi connectivity index (χ2n) is 7.98. The van der Waals surface area contributed by atoms with E-state index < -0.39 is 0 Å². The van der Waals surface area contributed by atoms with Gasteiger partial charge in [-0.3, -0.25) is 0 Å². The molecule has 140 valence electrons. The number of rotatable bonds is 2. The minimum Gasteiger partial charge on any atom is -0.391 e. The molecule has 1 aromatic carbocycles. The first kappa shape index (κ1) is 16.8. The number of nitrogens with zero attached hydrogens (tertiary/aromatic N) is 4. The van der Waals surface area contributed by atoms with Gasteiger partial charge in [0.2, 0.25) is 0 Å². The van der Waals surface area contributed by atoms with Crippen LogP contribution in [0.15, 0.2) is 30.3 Å². The predicted octanol–water partition coefficient (Wildman–Crippen LogP) is 3.54. The summed E-state index contributed by atoms with van der Waals surface area (Å²) in [6.45, 7) is 3.77. The highest BCUT2D eigenvalue weighted by Crippen LogP contribution is 2.33. The summed E-state index contributed by atoms with van der Waals surface area (Å²) in [6.07, 6.45) is 6.16. The molecule has 1 fully saturated rings. The van der Waals surface area contributed by atoms with Gasteiger partial charge in [-0.05, 0) is 51.5 Å². The van der Waals surface area contributed by atoms with Crippen LogP contribution in [0.25, 0.3) is 16.9 Å². The number of β-amino-alcohol motifs (C(OH)–C–C–N with tert-alkyl or cyclic N) is 1. The lowest BCUT2D eigenvalue weighted by atomic mass is 9.95. The topological polar surface area (TPSA) is 53.7 Å². The zero-order chi connectivity index (χ0) is 18.4. The van der Waals surface area contributed by atoms with Gasteiger partial charge in [-0.25, -0.2) is 4.98 Å². The summed E-state index contributed by atoms with van der Waals surface area (Å²) in [7, 11) is 0. The van der Waals surface area contributed by atoms with E-state index in [4.69, 9.17) is 10.1 Å². The van der Waals surface area contributed by atoms with Crippen LogP contribution in [0.2, 0.25) is 0 Å². The molecule has 0 saturated carbocycles. The summed E-state index contributed by atoms with van der Waals surface area (Å²) >= 11 is 0. The molecule has 2 aromatic heterocycles. The number of aromatic nitrogens is 3. The molecule has 5 rings (SSSR count). The molecule has 1 saturated heterocycles. The standard InChI is InChI=1S/C22H26N4O/c1-15-6-4-7-16(12-15)20-13-21-23-19-10-3-2-9-18(19)22(26(21)24-20)25-11-5-8-17(27)14-25/h4,6-7,12-13,17,27H,2-3,5,8-11,14H2,1H3/t17-/m0/s1. The van der Waals surface area contributed by atoms with Gasteiger partial charge in [-0.2, -0.15) is 9.61 Å². The summed E-state index contributed by atoms with van der Waals surface area (Å²) in [5, 5.41) is 15.2. The average Bonchev–Trinajstić information content (AvgIpc) is 3.09. The number of hydrogen-bond donors (Lipinski definition) is 1. The van der Waals surface area contributed by atoms with Crippen molar-refractivity contribution in [3.8, 4) is 11.3 Å². The van der Waals surface area contributed by atoms with Crippen molar-refractivity contribution in [3.63, 3.8) is 0 Å². The third-order valence-corrected chi connectivity index (χ3v) is 5.86. The molecular formula is C22H26N4O. The zero-order valence-electron chi connectivity index (χ0n) is 15.9. The van der Waals surface area contributed by atoms with Crippen molar-refractivity contribution < 1.29 is 5.11 Å². The first-order chi connectivity index (χ1) is 13.2. The number of anilines is 1. The molecule has 0 radical (unpaired) electrons. The van der Waals surface area contributed by atoms with Gasteiger partial charge in [0.15, 0.2) is 5.65 Å². The van der Waals surface area contributed by atoms with Gasteiger partial charge in [0.1, 0.15) is 5.82 Å². The molecule has 1 aliphatic heterocycles. The first-order valence-electron chi connectivity index (χ1n) is 10.1. The van der Waals surface area contributed by atoms with Gasteiger partial charge < -0.3 is 10.0 Å². The lowest BCUT2D eigenvalue weighted by Gasteiger charge is -2.34. The van der Waals surface area contributed by atoms with Gasteiger partial charge >= 0.3 is 0 Å². The number of aliphatic hydroxyl groups excluding tert-OH is 1. The Morgan fingerprint density at radius 3 is 2.85 bits per heavy atom. The van der Waals surface area contributed by atoms with Gasteiger partial charge in [-0.1, -0.05) is 23.8 Å². The van der Waals surface area contributed by atoms with E-state index in [-0.39, 0.29) is 6.10 Å². The van der Waals surface area contributed by atoms with Crippen molar-refractivity contribution in [2.24, 2.45) is 0 Å². The van der Waals surface area contributed by atoms with Crippen LogP contribution in [0.5, 0.6) is 0 Å². The molecule has 5 nitrogen and oxygen atoms in total. The van der Waals surface area contributed by atoms with Crippen LogP contribution in [0.3, 0.4) is 0 Å². The molecule has 0 amide bonds. The summed E-state index contributed by atoms with van der Waals surface area (Å²) in [6, 6.07) is 10.6. The Hall–Kier alpha value is -2.40. The van der Waals surface area contributed by atoms with E-state index in [1.54, 1.807) is 0 Å². The van der Waals surface area contributed by atoms with Gasteiger partial charge in [-0.15, -0.1) is 0 Å². The lowest BCUT2D eigenvalue weighted by molar-refractivity contribution is 0.153. The maximum atomic E-state index is 10.2. The van der Waals surface area contributed by atoms with Crippen LogP contribution in [0, 0.1) is 6.92 Å². The molecule has 0 unspecified atom stereocenters. The molecule has 2 aliphatic rings. The van der Waals surface area contributed by atoms with Crippen molar-refractivity contribution in [1.29, 1.82) is 0 Å². The lowest BCUT2D eigenvalue weighted by Crippen LogP contribution is -2.40. The second kappa shape index (κ2) is 6.64. The second-order valence-corrected chi connectivity index (χ2v) is 7.98. The zero-order valence-corrected chi connectivity index (χ0v) is 15.9. The minimum atomic E-state index is -0.256. The molecule has 27 heavy (non-hydrogen) atoms. The molecule has 0 spiro atoms. The molecule has 1 atom stereocenters. The van der Waals surface area contributed by atoms with Crippen LogP contribution in [-0.4, -0.2) is 38.9 Å². The highest BCUT2D eigenvalue weighted by Gasteiger charge is 2.27. The van der Waals surface area contributed by atoms with E-state index >= 15 is 0 Å². The molecular weight excluding hydrogens is 336 g/mol. The van der Waals surface area contributed by atoms with E-state index in [0.717, 1.165) is 55.0 Å². The Labute approximate surface area is 159 Å². The summed E-state index contributed by atoms with van der Waals surface area (Å²) in [4.78, 5) is 7.30. The van der Waals surface area contributed by atoms with Crippen molar-refractivity contribution >= 4 is 11.5 Å². The van der Waals surface area contributed by atoms with Crippen LogP contribution in [-0.2, 0) is 12.8 Å². The van der Waals surface area contributed by atoms with Crippen molar-refractivity contribution in [2.75, 3.05) is 18.0 Å². The van der Waals surface area contributed by atoms with E-state index in [1.165, 1.54) is 29.7 Å². The normalized spacial score (nSPS) is 20.1. The summed E-state index contributed by atoms with van der Waals surface area (Å²) in [5.41, 5.74) is 6.80. The van der Waals surface area contributed by atoms with E-state index in [2.05, 4.69) is 42.2 Å². The van der Waals surface area contributed by atoms with Crippen molar-refractivity contribution in [1.82, 2.24) is 14.6 Å². The van der Waals surface area contributed by atoms with Gasteiger partial charge in [0.25, 0.3) is 0 Å². The van der Waals surface area contributed by atoms with E-state index in [0.29, 0.717) is 6.54 Å². The van der Waals surface area contributed by atoms with Gasteiger partial charge in [0.05, 0.1) is 11.8 Å². The fourth-order valence-corrected chi connectivity index (χ4v) is 4.54. The largest absolute Gasteiger partial charge is 0.391 e. The highest BCUT2D eigenvalue weighted by molar-refractivity contribution is 5.68. The van der Waals surface area contributed by atoms with Crippen LogP contribution in [0.1, 0.15) is 42.5 Å². The molecule has 1 aliphatic carbocycles. The monoisotopic (exact) mass is 362 g/mol. The third kappa shape index (κ3) is 3.00. The Kier molecular flexibility index (Phi) is 4.12. The fourth-order valence-electron chi connectivity index (χ4n) is 4.54. The number of benzene rings is 1. The van der Waals surface area contributed by atoms with Crippen molar-refractivity contribution in [2.45, 2.75) is 51.6 Å².